The Morgan fingerprint density at radius 1 is 1.33 bits per heavy atom. The number of nitrogens with zero attached hydrogens (tertiary/aromatic N) is 1. The summed E-state index contributed by atoms with van der Waals surface area (Å²) in [7, 11) is -3.06. The molecule has 1 saturated heterocycles. The fraction of sp³-hybridized carbons (Fsp3) is 0.600. The number of benzene rings is 1. The van der Waals surface area contributed by atoms with Gasteiger partial charge in [-0.3, -0.25) is 0 Å². The first-order chi connectivity index (χ1) is 10.0. The highest BCUT2D eigenvalue weighted by Crippen LogP contribution is 2.26. The summed E-state index contributed by atoms with van der Waals surface area (Å²) in [5, 5.41) is 2.97. The van der Waals surface area contributed by atoms with E-state index >= 15 is 0 Å². The maximum absolute atomic E-state index is 11.9. The molecule has 0 aromatic heterocycles. The Kier molecular flexibility index (Phi) is 5.96. The van der Waals surface area contributed by atoms with Gasteiger partial charge in [0.2, 0.25) is 0 Å². The largest absolute Gasteiger partial charge is 0.353 e. The van der Waals surface area contributed by atoms with Gasteiger partial charge in [-0.1, -0.05) is 19.1 Å². The highest BCUT2D eigenvalue weighted by molar-refractivity contribution is 8.01. The molecule has 0 spiro atoms. The van der Waals surface area contributed by atoms with Crippen molar-refractivity contribution < 1.29 is 8.42 Å². The fourth-order valence-corrected chi connectivity index (χ4v) is 5.29. The number of thioether (sulfide) groups is 1. The molecule has 0 saturated carbocycles. The Hall–Kier alpha value is -0.720. The molecule has 21 heavy (non-hydrogen) atoms. The zero-order valence-electron chi connectivity index (χ0n) is 12.7. The maximum Gasteiger partial charge on any atom is 0.169 e. The average molecular weight is 329 g/mol. The Balaban J connectivity index is 2.09. The van der Waals surface area contributed by atoms with Crippen LogP contribution in [0.3, 0.4) is 0 Å². The minimum absolute atomic E-state index is 0.402. The van der Waals surface area contributed by atoms with Gasteiger partial charge in [0.05, 0.1) is 0 Å². The van der Waals surface area contributed by atoms with E-state index < -0.39 is 15.2 Å². The predicted octanol–water partition coefficient (Wildman–Crippen LogP) is 2.11. The van der Waals surface area contributed by atoms with E-state index in [1.807, 2.05) is 17.0 Å². The highest BCUT2D eigenvalue weighted by Gasteiger charge is 2.30. The van der Waals surface area contributed by atoms with E-state index in [2.05, 4.69) is 24.4 Å². The molecule has 0 aliphatic carbocycles. The zero-order chi connectivity index (χ0) is 15.3. The maximum atomic E-state index is 11.9. The van der Waals surface area contributed by atoms with Crippen molar-refractivity contribution in [1.82, 2.24) is 5.32 Å². The molecular weight excluding hydrogens is 304 g/mol. The van der Waals surface area contributed by atoms with Crippen LogP contribution in [-0.2, 0) is 16.4 Å². The molecule has 6 heteroatoms. The van der Waals surface area contributed by atoms with Gasteiger partial charge >= 0.3 is 0 Å². The third-order valence-corrected chi connectivity index (χ3v) is 6.25. The third-order valence-electron chi connectivity index (χ3n) is 3.60. The van der Waals surface area contributed by atoms with E-state index in [0.717, 1.165) is 37.5 Å². The standard InChI is InChI=1S/C15H24N2O2S2/c1-3-8-16-11-13-4-6-14(7-5-13)17-9-10-20-12-15(17)21(2,18)19/h4-7,15-16H,3,8-12H2,1-2H3. The van der Waals surface area contributed by atoms with Crippen molar-refractivity contribution in [2.45, 2.75) is 25.3 Å². The van der Waals surface area contributed by atoms with Crippen LogP contribution in [0, 0.1) is 0 Å². The van der Waals surface area contributed by atoms with Crippen molar-refractivity contribution >= 4 is 27.3 Å². The molecular formula is C15H24N2O2S2. The average Bonchev–Trinajstić information content (AvgIpc) is 2.47. The summed E-state index contributed by atoms with van der Waals surface area (Å²) in [6, 6.07) is 8.24. The van der Waals surface area contributed by atoms with E-state index in [1.165, 1.54) is 11.8 Å². The number of sulfone groups is 1. The summed E-state index contributed by atoms with van der Waals surface area (Å²) in [6.45, 7) is 4.81. The number of hydrogen-bond donors (Lipinski definition) is 1. The lowest BCUT2D eigenvalue weighted by atomic mass is 10.2. The minimum atomic E-state index is -3.06. The molecule has 0 amide bonds. The molecule has 1 aromatic carbocycles. The summed E-state index contributed by atoms with van der Waals surface area (Å²) in [4.78, 5) is 2.02. The van der Waals surface area contributed by atoms with Gasteiger partial charge in [-0.05, 0) is 30.7 Å². The monoisotopic (exact) mass is 328 g/mol. The van der Waals surface area contributed by atoms with Crippen LogP contribution in [0.1, 0.15) is 18.9 Å². The Bertz CT molecular complexity index is 543. The smallest absolute Gasteiger partial charge is 0.169 e. The highest BCUT2D eigenvalue weighted by atomic mass is 32.2. The lowest BCUT2D eigenvalue weighted by Gasteiger charge is -2.36. The summed E-state index contributed by atoms with van der Waals surface area (Å²) < 4.78 is 23.9. The lowest BCUT2D eigenvalue weighted by Crippen LogP contribution is -2.47. The van der Waals surface area contributed by atoms with Crippen LogP contribution < -0.4 is 10.2 Å². The molecule has 1 aliphatic heterocycles. The van der Waals surface area contributed by atoms with Gasteiger partial charge in [0.25, 0.3) is 0 Å². The first kappa shape index (κ1) is 16.6. The molecule has 1 unspecified atom stereocenters. The van der Waals surface area contributed by atoms with Crippen molar-refractivity contribution in [2.24, 2.45) is 0 Å². The van der Waals surface area contributed by atoms with Crippen LogP contribution in [0.4, 0.5) is 5.69 Å². The zero-order valence-corrected chi connectivity index (χ0v) is 14.3. The summed E-state index contributed by atoms with van der Waals surface area (Å²) in [5.74, 6) is 1.63. The molecule has 1 aromatic rings. The summed E-state index contributed by atoms with van der Waals surface area (Å²) in [6.07, 6.45) is 2.46. The van der Waals surface area contributed by atoms with Gasteiger partial charge in [-0.25, -0.2) is 8.42 Å². The van der Waals surface area contributed by atoms with Gasteiger partial charge in [-0.2, -0.15) is 11.8 Å². The second-order valence-electron chi connectivity index (χ2n) is 5.40. The summed E-state index contributed by atoms with van der Waals surface area (Å²) >= 11 is 1.71. The van der Waals surface area contributed by atoms with Crippen LogP contribution in [0.25, 0.3) is 0 Å². The molecule has 1 aliphatic rings. The van der Waals surface area contributed by atoms with E-state index in [0.29, 0.717) is 5.75 Å². The molecule has 0 bridgehead atoms. The second kappa shape index (κ2) is 7.51. The third kappa shape index (κ3) is 4.63. The molecule has 2 rings (SSSR count). The first-order valence-electron chi connectivity index (χ1n) is 7.35. The number of rotatable bonds is 6. The Labute approximate surface area is 132 Å². The van der Waals surface area contributed by atoms with Crippen LogP contribution >= 0.6 is 11.8 Å². The SMILES string of the molecule is CCCNCc1ccc(N2CCSCC2S(C)(=O)=O)cc1. The van der Waals surface area contributed by atoms with Crippen molar-refractivity contribution in [3.63, 3.8) is 0 Å². The second-order valence-corrected chi connectivity index (χ2v) is 8.75. The first-order valence-corrected chi connectivity index (χ1v) is 10.5. The van der Waals surface area contributed by atoms with Crippen LogP contribution in [0.15, 0.2) is 24.3 Å². The van der Waals surface area contributed by atoms with E-state index in [-0.39, 0.29) is 0 Å². The van der Waals surface area contributed by atoms with Crippen LogP contribution in [0.2, 0.25) is 0 Å². The van der Waals surface area contributed by atoms with E-state index in [1.54, 1.807) is 11.8 Å². The molecule has 118 valence electrons. The normalized spacial score (nSPS) is 19.7. The summed E-state index contributed by atoms with van der Waals surface area (Å²) in [5.41, 5.74) is 2.24. The fourth-order valence-electron chi connectivity index (χ4n) is 2.45. The van der Waals surface area contributed by atoms with Gasteiger partial charge in [0, 0.05) is 36.5 Å². The van der Waals surface area contributed by atoms with Gasteiger partial charge in [0.15, 0.2) is 9.84 Å². The minimum Gasteiger partial charge on any atom is -0.353 e. The molecule has 1 heterocycles. The van der Waals surface area contributed by atoms with Crippen molar-refractivity contribution in [3.8, 4) is 0 Å². The molecule has 0 radical (unpaired) electrons. The topological polar surface area (TPSA) is 49.4 Å². The lowest BCUT2D eigenvalue weighted by molar-refractivity contribution is 0.584. The number of hydrogen-bond acceptors (Lipinski definition) is 5. The van der Waals surface area contributed by atoms with Gasteiger partial charge < -0.3 is 10.2 Å². The number of nitrogens with one attached hydrogen (secondary N) is 1. The van der Waals surface area contributed by atoms with Crippen molar-refractivity contribution in [3.05, 3.63) is 29.8 Å². The predicted molar refractivity (Wildman–Crippen MR) is 91.7 cm³/mol. The van der Waals surface area contributed by atoms with E-state index in [4.69, 9.17) is 0 Å². The molecule has 1 N–H and O–H groups in total. The van der Waals surface area contributed by atoms with Crippen LogP contribution in [-0.4, -0.2) is 44.6 Å². The Morgan fingerprint density at radius 3 is 2.67 bits per heavy atom. The molecule has 4 nitrogen and oxygen atoms in total. The van der Waals surface area contributed by atoms with Crippen molar-refractivity contribution in [2.75, 3.05) is 35.8 Å². The molecule has 1 atom stereocenters. The van der Waals surface area contributed by atoms with Gasteiger partial charge in [-0.15, -0.1) is 0 Å². The van der Waals surface area contributed by atoms with Crippen LogP contribution in [0.5, 0.6) is 0 Å². The molecule has 1 fully saturated rings. The Morgan fingerprint density at radius 2 is 2.05 bits per heavy atom. The number of anilines is 1. The van der Waals surface area contributed by atoms with Crippen molar-refractivity contribution in [1.29, 1.82) is 0 Å². The quantitative estimate of drug-likeness (QED) is 0.811. The van der Waals surface area contributed by atoms with Gasteiger partial charge in [0.1, 0.15) is 5.37 Å². The van der Waals surface area contributed by atoms with E-state index in [9.17, 15) is 8.42 Å².